The zero-order valence-corrected chi connectivity index (χ0v) is 9.43. The molecule has 1 aromatic carbocycles. The first-order chi connectivity index (χ1) is 7.15. The van der Waals surface area contributed by atoms with E-state index in [1.165, 1.54) is 0 Å². The van der Waals surface area contributed by atoms with Crippen molar-refractivity contribution in [3.8, 4) is 5.75 Å². The molecule has 4 heteroatoms. The third kappa shape index (κ3) is 3.68. The molecular weight excluding hydrogens is 217 g/mol. The van der Waals surface area contributed by atoms with Gasteiger partial charge in [0.2, 0.25) is 0 Å². The molecule has 0 fully saturated rings. The van der Waals surface area contributed by atoms with Crippen molar-refractivity contribution < 1.29 is 9.13 Å². The molecule has 84 valence electrons. The fourth-order valence-corrected chi connectivity index (χ4v) is 1.40. The highest BCUT2D eigenvalue weighted by molar-refractivity contribution is 6.32. The van der Waals surface area contributed by atoms with E-state index in [1.807, 2.05) is 13.0 Å². The zero-order chi connectivity index (χ0) is 11.3. The predicted octanol–water partition coefficient (Wildman–Crippen LogP) is 3.10. The van der Waals surface area contributed by atoms with Gasteiger partial charge in [0.15, 0.2) is 0 Å². The van der Waals surface area contributed by atoms with Crippen LogP contribution in [0.4, 0.5) is 4.39 Å². The summed E-state index contributed by atoms with van der Waals surface area (Å²) in [5.74, 6) is 0.578. The van der Waals surface area contributed by atoms with Crippen molar-refractivity contribution >= 4 is 11.6 Å². The van der Waals surface area contributed by atoms with Crippen molar-refractivity contribution in [3.05, 3.63) is 28.8 Å². The lowest BCUT2D eigenvalue weighted by atomic mass is 10.1. The fraction of sp³-hybridized carbons (Fsp3) is 0.455. The lowest BCUT2D eigenvalue weighted by Crippen LogP contribution is -2.05. The maximum Gasteiger partial charge on any atom is 0.137 e. The van der Waals surface area contributed by atoms with Crippen LogP contribution in [0.25, 0.3) is 0 Å². The van der Waals surface area contributed by atoms with E-state index >= 15 is 0 Å². The summed E-state index contributed by atoms with van der Waals surface area (Å²) in [6.07, 6.45) is 0.380. The van der Waals surface area contributed by atoms with Gasteiger partial charge in [0.05, 0.1) is 18.3 Å². The molecule has 0 bridgehead atoms. The molecule has 1 atom stereocenters. The van der Waals surface area contributed by atoms with Crippen LogP contribution in [0.3, 0.4) is 0 Å². The maximum atomic E-state index is 11.8. The molecule has 0 unspecified atom stereocenters. The van der Waals surface area contributed by atoms with Gasteiger partial charge in [-0.05, 0) is 24.6 Å². The predicted molar refractivity (Wildman–Crippen MR) is 60.1 cm³/mol. The minimum absolute atomic E-state index is 0.0533. The number of benzene rings is 1. The Morgan fingerprint density at radius 1 is 1.53 bits per heavy atom. The minimum atomic E-state index is -0.379. The molecule has 0 heterocycles. The standard InChI is InChI=1S/C11H15ClFNO/c1-8(14)9-3-4-11(10(12)7-9)15-6-2-5-13/h3-4,7-8H,2,5-6,14H2,1H3/t8-/m0/s1. The first-order valence-electron chi connectivity index (χ1n) is 4.89. The molecule has 0 spiro atoms. The Hall–Kier alpha value is -0.800. The molecule has 0 aliphatic rings. The highest BCUT2D eigenvalue weighted by atomic mass is 35.5. The highest BCUT2D eigenvalue weighted by Gasteiger charge is 2.05. The Morgan fingerprint density at radius 2 is 2.27 bits per heavy atom. The van der Waals surface area contributed by atoms with E-state index in [9.17, 15) is 4.39 Å². The van der Waals surface area contributed by atoms with E-state index in [0.717, 1.165) is 5.56 Å². The summed E-state index contributed by atoms with van der Waals surface area (Å²) in [7, 11) is 0. The third-order valence-corrected chi connectivity index (χ3v) is 2.31. The second-order valence-corrected chi connectivity index (χ2v) is 3.78. The lowest BCUT2D eigenvalue weighted by molar-refractivity contribution is 0.290. The van der Waals surface area contributed by atoms with Crippen LogP contribution in [0, 0.1) is 0 Å². The summed E-state index contributed by atoms with van der Waals surface area (Å²) in [4.78, 5) is 0. The van der Waals surface area contributed by atoms with E-state index < -0.39 is 0 Å². The van der Waals surface area contributed by atoms with Gasteiger partial charge >= 0.3 is 0 Å². The van der Waals surface area contributed by atoms with Gasteiger partial charge in [0.25, 0.3) is 0 Å². The first-order valence-corrected chi connectivity index (χ1v) is 5.26. The van der Waals surface area contributed by atoms with Crippen LogP contribution < -0.4 is 10.5 Å². The second-order valence-electron chi connectivity index (χ2n) is 3.37. The second kappa shape index (κ2) is 5.93. The summed E-state index contributed by atoms with van der Waals surface area (Å²) < 4.78 is 17.1. The molecule has 0 aliphatic carbocycles. The summed E-state index contributed by atoms with van der Waals surface area (Å²) in [6.45, 7) is 1.85. The van der Waals surface area contributed by atoms with Gasteiger partial charge in [-0.15, -0.1) is 0 Å². The van der Waals surface area contributed by atoms with Gasteiger partial charge in [-0.25, -0.2) is 0 Å². The average Bonchev–Trinajstić information content (AvgIpc) is 2.20. The molecular formula is C11H15ClFNO. The van der Waals surface area contributed by atoms with Gasteiger partial charge in [0, 0.05) is 12.5 Å². The summed E-state index contributed by atoms with van der Waals surface area (Å²) in [5.41, 5.74) is 6.66. The molecule has 2 nitrogen and oxygen atoms in total. The van der Waals surface area contributed by atoms with E-state index in [-0.39, 0.29) is 12.7 Å². The number of ether oxygens (including phenoxy) is 1. The number of rotatable bonds is 5. The van der Waals surface area contributed by atoms with Crippen LogP contribution in [0.1, 0.15) is 24.9 Å². The molecule has 2 N–H and O–H groups in total. The summed E-state index contributed by atoms with van der Waals surface area (Å²) in [6, 6.07) is 5.35. The molecule has 0 aliphatic heterocycles. The molecule has 1 aromatic rings. The SMILES string of the molecule is C[C@H](N)c1ccc(OCCCF)c(Cl)c1. The minimum Gasteiger partial charge on any atom is -0.492 e. The van der Waals surface area contributed by atoms with Crippen molar-refractivity contribution in [1.82, 2.24) is 0 Å². The molecule has 0 aromatic heterocycles. The Balaban J connectivity index is 2.66. The van der Waals surface area contributed by atoms with Crippen molar-refractivity contribution in [2.75, 3.05) is 13.3 Å². The quantitative estimate of drug-likeness (QED) is 0.791. The first kappa shape index (κ1) is 12.3. The molecule has 0 saturated heterocycles. The van der Waals surface area contributed by atoms with Crippen molar-refractivity contribution in [2.24, 2.45) is 5.73 Å². The van der Waals surface area contributed by atoms with Crippen molar-refractivity contribution in [2.45, 2.75) is 19.4 Å². The fourth-order valence-electron chi connectivity index (χ4n) is 1.15. The largest absolute Gasteiger partial charge is 0.492 e. The Labute approximate surface area is 94.2 Å². The van der Waals surface area contributed by atoms with E-state index in [2.05, 4.69) is 0 Å². The van der Waals surface area contributed by atoms with E-state index in [0.29, 0.717) is 23.8 Å². The van der Waals surface area contributed by atoms with Crippen molar-refractivity contribution in [3.63, 3.8) is 0 Å². The van der Waals surface area contributed by atoms with E-state index in [4.69, 9.17) is 22.1 Å². The smallest absolute Gasteiger partial charge is 0.137 e. The average molecular weight is 232 g/mol. The number of hydrogen-bond acceptors (Lipinski definition) is 2. The number of hydrogen-bond donors (Lipinski definition) is 1. The molecule has 0 saturated carbocycles. The van der Waals surface area contributed by atoms with Crippen LogP contribution in [-0.2, 0) is 0 Å². The molecule has 0 radical (unpaired) electrons. The third-order valence-electron chi connectivity index (χ3n) is 2.02. The Kier molecular flexibility index (Phi) is 4.85. The number of nitrogens with two attached hydrogens (primary N) is 1. The van der Waals surface area contributed by atoms with Crippen molar-refractivity contribution in [1.29, 1.82) is 0 Å². The monoisotopic (exact) mass is 231 g/mol. The van der Waals surface area contributed by atoms with Gasteiger partial charge < -0.3 is 10.5 Å². The molecule has 0 amide bonds. The Bertz CT molecular complexity index is 317. The van der Waals surface area contributed by atoms with Crippen LogP contribution in [-0.4, -0.2) is 13.3 Å². The highest BCUT2D eigenvalue weighted by Crippen LogP contribution is 2.27. The van der Waals surface area contributed by atoms with Crippen LogP contribution in [0.5, 0.6) is 5.75 Å². The van der Waals surface area contributed by atoms with Gasteiger partial charge in [-0.1, -0.05) is 17.7 Å². The van der Waals surface area contributed by atoms with Gasteiger partial charge in [-0.3, -0.25) is 4.39 Å². The lowest BCUT2D eigenvalue weighted by Gasteiger charge is -2.10. The van der Waals surface area contributed by atoms with E-state index in [1.54, 1.807) is 12.1 Å². The number of halogens is 2. The molecule has 15 heavy (non-hydrogen) atoms. The Morgan fingerprint density at radius 3 is 2.80 bits per heavy atom. The molecule has 1 rings (SSSR count). The normalized spacial score (nSPS) is 12.5. The van der Waals surface area contributed by atoms with Gasteiger partial charge in [0.1, 0.15) is 5.75 Å². The van der Waals surface area contributed by atoms with Crippen LogP contribution in [0.15, 0.2) is 18.2 Å². The summed E-state index contributed by atoms with van der Waals surface area (Å²) in [5, 5.41) is 0.517. The number of alkyl halides is 1. The summed E-state index contributed by atoms with van der Waals surface area (Å²) >= 11 is 5.98. The van der Waals surface area contributed by atoms with Gasteiger partial charge in [-0.2, -0.15) is 0 Å². The zero-order valence-electron chi connectivity index (χ0n) is 8.67. The maximum absolute atomic E-state index is 11.8. The van der Waals surface area contributed by atoms with Crippen LogP contribution in [0.2, 0.25) is 5.02 Å². The topological polar surface area (TPSA) is 35.2 Å². The van der Waals surface area contributed by atoms with Crippen LogP contribution >= 0.6 is 11.6 Å².